The molecule has 0 amide bonds. The Morgan fingerprint density at radius 1 is 1.37 bits per heavy atom. The number of alkyl halides is 2. The molecule has 0 aliphatic carbocycles. The Labute approximate surface area is 176 Å². The van der Waals surface area contributed by atoms with E-state index in [4.69, 9.17) is 9.47 Å². The van der Waals surface area contributed by atoms with Crippen LogP contribution in [0.5, 0.6) is 5.75 Å². The standard InChI is InChI=1S/C18H27F2N3O3.HI/c1-21-18(22-7-3-8-24-12-15-6-9-25-13-15)23-11-14-4-2-5-16(10-14)26-17(19)20;/h2,4-5,10,15,17H,3,6-9,11-13H2,1H3,(H2,21,22,23);1H. The van der Waals surface area contributed by atoms with E-state index >= 15 is 0 Å². The van der Waals surface area contributed by atoms with Gasteiger partial charge in [-0.3, -0.25) is 4.99 Å². The molecule has 0 saturated carbocycles. The molecule has 1 atom stereocenters. The Kier molecular flexibility index (Phi) is 12.3. The van der Waals surface area contributed by atoms with Crippen LogP contribution in [0.2, 0.25) is 0 Å². The Morgan fingerprint density at radius 3 is 2.93 bits per heavy atom. The number of hydrogen-bond donors (Lipinski definition) is 2. The molecule has 2 N–H and O–H groups in total. The summed E-state index contributed by atoms with van der Waals surface area (Å²) in [6.07, 6.45) is 1.95. The van der Waals surface area contributed by atoms with Crippen LogP contribution in [0.25, 0.3) is 0 Å². The van der Waals surface area contributed by atoms with Gasteiger partial charge in [0.25, 0.3) is 0 Å². The number of benzene rings is 1. The summed E-state index contributed by atoms with van der Waals surface area (Å²) in [7, 11) is 1.68. The first-order valence-electron chi connectivity index (χ1n) is 8.81. The molecule has 0 aromatic heterocycles. The highest BCUT2D eigenvalue weighted by Crippen LogP contribution is 2.15. The maximum Gasteiger partial charge on any atom is 0.387 e. The van der Waals surface area contributed by atoms with Crippen LogP contribution in [0.15, 0.2) is 29.3 Å². The van der Waals surface area contributed by atoms with Gasteiger partial charge in [-0.05, 0) is 30.5 Å². The second-order valence-corrected chi connectivity index (χ2v) is 6.04. The molecular formula is C18H28F2IN3O3. The Hall–Kier alpha value is -1.20. The second kappa shape index (κ2) is 13.9. The van der Waals surface area contributed by atoms with E-state index < -0.39 is 6.61 Å². The van der Waals surface area contributed by atoms with Crippen LogP contribution in [-0.4, -0.2) is 52.6 Å². The zero-order valence-corrected chi connectivity index (χ0v) is 17.8. The number of nitrogens with one attached hydrogen (secondary N) is 2. The SMILES string of the molecule is CN=C(NCCCOCC1CCOC1)NCc1cccc(OC(F)F)c1.I. The van der Waals surface area contributed by atoms with Crippen molar-refractivity contribution in [3.63, 3.8) is 0 Å². The van der Waals surface area contributed by atoms with Crippen molar-refractivity contribution >= 4 is 29.9 Å². The molecule has 0 bridgehead atoms. The van der Waals surface area contributed by atoms with Crippen molar-refractivity contribution in [2.24, 2.45) is 10.9 Å². The van der Waals surface area contributed by atoms with E-state index in [9.17, 15) is 8.78 Å². The molecule has 2 rings (SSSR count). The lowest BCUT2D eigenvalue weighted by molar-refractivity contribution is -0.0498. The molecule has 1 aliphatic rings. The summed E-state index contributed by atoms with van der Waals surface area (Å²) < 4.78 is 39.9. The highest BCUT2D eigenvalue weighted by Gasteiger charge is 2.15. The normalized spacial score (nSPS) is 16.9. The molecule has 1 saturated heterocycles. The van der Waals surface area contributed by atoms with Gasteiger partial charge < -0.3 is 24.8 Å². The van der Waals surface area contributed by atoms with Gasteiger partial charge in [0.15, 0.2) is 5.96 Å². The number of aliphatic imine (C=N–C) groups is 1. The second-order valence-electron chi connectivity index (χ2n) is 6.04. The monoisotopic (exact) mass is 499 g/mol. The molecule has 1 unspecified atom stereocenters. The van der Waals surface area contributed by atoms with Gasteiger partial charge in [0.1, 0.15) is 5.75 Å². The van der Waals surface area contributed by atoms with Crippen LogP contribution in [-0.2, 0) is 16.0 Å². The van der Waals surface area contributed by atoms with E-state index in [-0.39, 0.29) is 29.7 Å². The lowest BCUT2D eigenvalue weighted by atomic mass is 10.1. The molecule has 0 spiro atoms. The lowest BCUT2D eigenvalue weighted by Crippen LogP contribution is -2.37. The molecule has 1 aromatic carbocycles. The molecule has 27 heavy (non-hydrogen) atoms. The largest absolute Gasteiger partial charge is 0.435 e. The van der Waals surface area contributed by atoms with E-state index in [1.807, 2.05) is 6.07 Å². The van der Waals surface area contributed by atoms with Gasteiger partial charge in [-0.15, -0.1) is 24.0 Å². The molecule has 0 radical (unpaired) electrons. The Bertz CT molecular complexity index is 558. The zero-order chi connectivity index (χ0) is 18.6. The molecule has 1 aliphatic heterocycles. The molecule has 1 heterocycles. The van der Waals surface area contributed by atoms with Gasteiger partial charge >= 0.3 is 6.61 Å². The van der Waals surface area contributed by atoms with Crippen LogP contribution in [0, 0.1) is 5.92 Å². The van der Waals surface area contributed by atoms with Crippen molar-refractivity contribution in [2.75, 3.05) is 40.0 Å². The number of hydrogen-bond acceptors (Lipinski definition) is 4. The molecule has 154 valence electrons. The maximum atomic E-state index is 12.3. The molecular weight excluding hydrogens is 471 g/mol. The first kappa shape index (κ1) is 23.8. The van der Waals surface area contributed by atoms with Crippen molar-refractivity contribution in [3.05, 3.63) is 29.8 Å². The fraction of sp³-hybridized carbons (Fsp3) is 0.611. The average Bonchev–Trinajstić information content (AvgIpc) is 3.13. The number of halogens is 3. The first-order valence-corrected chi connectivity index (χ1v) is 8.81. The summed E-state index contributed by atoms with van der Waals surface area (Å²) in [4.78, 5) is 4.14. The molecule has 6 nitrogen and oxygen atoms in total. The van der Waals surface area contributed by atoms with Crippen molar-refractivity contribution in [1.29, 1.82) is 0 Å². The summed E-state index contributed by atoms with van der Waals surface area (Å²) in [5.41, 5.74) is 0.827. The van der Waals surface area contributed by atoms with Crippen LogP contribution in [0.1, 0.15) is 18.4 Å². The Morgan fingerprint density at radius 2 is 2.22 bits per heavy atom. The van der Waals surface area contributed by atoms with E-state index in [0.717, 1.165) is 44.8 Å². The molecule has 1 fully saturated rings. The Balaban J connectivity index is 0.00000364. The van der Waals surface area contributed by atoms with Crippen LogP contribution < -0.4 is 15.4 Å². The van der Waals surface area contributed by atoms with E-state index in [0.29, 0.717) is 25.0 Å². The third kappa shape index (κ3) is 10.1. The lowest BCUT2D eigenvalue weighted by Gasteiger charge is -2.13. The number of guanidine groups is 1. The third-order valence-corrected chi connectivity index (χ3v) is 3.94. The topological polar surface area (TPSA) is 64.1 Å². The smallest absolute Gasteiger partial charge is 0.387 e. The minimum absolute atomic E-state index is 0. The zero-order valence-electron chi connectivity index (χ0n) is 15.5. The third-order valence-electron chi connectivity index (χ3n) is 3.94. The predicted molar refractivity (Wildman–Crippen MR) is 111 cm³/mol. The predicted octanol–water partition coefficient (Wildman–Crippen LogP) is 3.01. The van der Waals surface area contributed by atoms with E-state index in [1.165, 1.54) is 6.07 Å². The number of nitrogens with zero attached hydrogens (tertiary/aromatic N) is 1. The van der Waals surface area contributed by atoms with Gasteiger partial charge in [-0.1, -0.05) is 12.1 Å². The molecule has 9 heteroatoms. The highest BCUT2D eigenvalue weighted by molar-refractivity contribution is 14.0. The maximum absolute atomic E-state index is 12.3. The summed E-state index contributed by atoms with van der Waals surface area (Å²) >= 11 is 0. The summed E-state index contributed by atoms with van der Waals surface area (Å²) in [5, 5.41) is 6.34. The fourth-order valence-electron chi connectivity index (χ4n) is 2.58. The van der Waals surface area contributed by atoms with Crippen molar-refractivity contribution in [2.45, 2.75) is 26.0 Å². The van der Waals surface area contributed by atoms with Gasteiger partial charge in [-0.25, -0.2) is 0 Å². The first-order chi connectivity index (χ1) is 12.7. The van der Waals surface area contributed by atoms with Gasteiger partial charge in [0.05, 0.1) is 13.2 Å². The van der Waals surface area contributed by atoms with E-state index in [1.54, 1.807) is 19.2 Å². The van der Waals surface area contributed by atoms with Crippen LogP contribution in [0.3, 0.4) is 0 Å². The van der Waals surface area contributed by atoms with E-state index in [2.05, 4.69) is 20.4 Å². The number of rotatable bonds is 10. The summed E-state index contributed by atoms with van der Waals surface area (Å²) in [5.74, 6) is 1.32. The minimum Gasteiger partial charge on any atom is -0.435 e. The van der Waals surface area contributed by atoms with Gasteiger partial charge in [0, 0.05) is 39.3 Å². The highest BCUT2D eigenvalue weighted by atomic mass is 127. The quantitative estimate of drug-likeness (QED) is 0.224. The van der Waals surface area contributed by atoms with Gasteiger partial charge in [-0.2, -0.15) is 8.78 Å². The van der Waals surface area contributed by atoms with Crippen LogP contribution in [0.4, 0.5) is 8.78 Å². The average molecular weight is 499 g/mol. The molecule has 1 aromatic rings. The van der Waals surface area contributed by atoms with Crippen molar-refractivity contribution in [3.8, 4) is 5.75 Å². The minimum atomic E-state index is -2.82. The van der Waals surface area contributed by atoms with Crippen molar-refractivity contribution in [1.82, 2.24) is 10.6 Å². The fourth-order valence-corrected chi connectivity index (χ4v) is 2.58. The number of ether oxygens (including phenoxy) is 3. The summed E-state index contributed by atoms with van der Waals surface area (Å²) in [6.45, 7) is 1.45. The van der Waals surface area contributed by atoms with Gasteiger partial charge in [0.2, 0.25) is 0 Å². The van der Waals surface area contributed by atoms with Crippen LogP contribution >= 0.6 is 24.0 Å². The van der Waals surface area contributed by atoms with Crippen molar-refractivity contribution < 1.29 is 23.0 Å². The summed E-state index contributed by atoms with van der Waals surface area (Å²) in [6, 6.07) is 6.59.